The van der Waals surface area contributed by atoms with Crippen LogP contribution in [0.1, 0.15) is 10.4 Å². The summed E-state index contributed by atoms with van der Waals surface area (Å²) in [6, 6.07) is 6.86. The molecule has 0 bridgehead atoms. The summed E-state index contributed by atoms with van der Waals surface area (Å²) in [5.41, 5.74) is -0.0108. The van der Waals surface area contributed by atoms with Crippen molar-refractivity contribution in [2.75, 3.05) is 31.1 Å². The van der Waals surface area contributed by atoms with Crippen LogP contribution in [0.15, 0.2) is 47.7 Å². The summed E-state index contributed by atoms with van der Waals surface area (Å²) in [4.78, 5) is 40.1. The number of carbonyl (C=O) groups excluding carboxylic acids is 1. The molecule has 3 aromatic rings. The van der Waals surface area contributed by atoms with E-state index in [4.69, 9.17) is 0 Å². The molecule has 0 saturated carbocycles. The van der Waals surface area contributed by atoms with E-state index < -0.39 is 5.69 Å². The molecule has 1 N–H and O–H groups in total. The zero-order valence-electron chi connectivity index (χ0n) is 13.8. The van der Waals surface area contributed by atoms with Crippen LogP contribution in [0.5, 0.6) is 0 Å². The van der Waals surface area contributed by atoms with Crippen molar-refractivity contribution in [2.45, 2.75) is 0 Å². The van der Waals surface area contributed by atoms with Gasteiger partial charge in [0.1, 0.15) is 5.82 Å². The first kappa shape index (κ1) is 16.0. The molecule has 0 radical (unpaired) electrons. The molecule has 0 atom stereocenters. The Labute approximate surface area is 148 Å². The summed E-state index contributed by atoms with van der Waals surface area (Å²) >= 11 is 0. The minimum atomic E-state index is -0.776. The molecule has 1 saturated heterocycles. The highest BCUT2D eigenvalue weighted by Gasteiger charge is 2.25. The van der Waals surface area contributed by atoms with E-state index in [1.165, 1.54) is 6.20 Å². The molecule has 9 nitrogen and oxygen atoms in total. The van der Waals surface area contributed by atoms with Crippen molar-refractivity contribution in [3.63, 3.8) is 0 Å². The van der Waals surface area contributed by atoms with Crippen molar-refractivity contribution in [3.8, 4) is 0 Å². The maximum absolute atomic E-state index is 12.5. The molecule has 0 aromatic carbocycles. The lowest BCUT2D eigenvalue weighted by Gasteiger charge is -2.35. The van der Waals surface area contributed by atoms with E-state index >= 15 is 0 Å². The Kier molecular flexibility index (Phi) is 3.96. The van der Waals surface area contributed by atoms with Gasteiger partial charge in [0.05, 0.1) is 5.39 Å². The van der Waals surface area contributed by atoms with Gasteiger partial charge in [-0.25, -0.2) is 9.78 Å². The molecule has 4 rings (SSSR count). The summed E-state index contributed by atoms with van der Waals surface area (Å²) in [6.07, 6.45) is 4.69. The highest BCUT2D eigenvalue weighted by molar-refractivity contribution is 5.94. The molecular formula is C17H16N6O3. The molecule has 1 aliphatic rings. The molecule has 1 fully saturated rings. The van der Waals surface area contributed by atoms with Crippen LogP contribution in [0.4, 0.5) is 5.82 Å². The molecule has 4 heterocycles. The van der Waals surface area contributed by atoms with E-state index in [1.54, 1.807) is 41.6 Å². The summed E-state index contributed by atoms with van der Waals surface area (Å²) in [7, 11) is 0. The fraction of sp³-hybridized carbons (Fsp3) is 0.235. The van der Waals surface area contributed by atoms with Crippen LogP contribution in [0.25, 0.3) is 11.0 Å². The molecule has 1 aliphatic heterocycles. The van der Waals surface area contributed by atoms with Crippen LogP contribution in [0.3, 0.4) is 0 Å². The normalized spacial score (nSPS) is 14.6. The summed E-state index contributed by atoms with van der Waals surface area (Å²) in [5.74, 6) is 0.428. The summed E-state index contributed by atoms with van der Waals surface area (Å²) in [5, 5.41) is 10.4. The van der Waals surface area contributed by atoms with Crippen molar-refractivity contribution in [2.24, 2.45) is 0 Å². The molecule has 1 amide bonds. The van der Waals surface area contributed by atoms with E-state index in [9.17, 15) is 14.8 Å². The number of nitrogens with zero attached hydrogens (tertiary/aromatic N) is 6. The van der Waals surface area contributed by atoms with Gasteiger partial charge in [-0.15, -0.1) is 4.73 Å². The van der Waals surface area contributed by atoms with Crippen LogP contribution in [0.2, 0.25) is 0 Å². The Morgan fingerprint density at radius 2 is 1.77 bits per heavy atom. The van der Waals surface area contributed by atoms with E-state index in [0.717, 1.165) is 0 Å². The monoisotopic (exact) mass is 352 g/mol. The second-order valence-electron chi connectivity index (χ2n) is 5.92. The van der Waals surface area contributed by atoms with Crippen molar-refractivity contribution >= 4 is 22.8 Å². The van der Waals surface area contributed by atoms with Crippen molar-refractivity contribution in [1.82, 2.24) is 24.6 Å². The number of carbonyl (C=O) groups is 1. The van der Waals surface area contributed by atoms with Crippen LogP contribution in [-0.4, -0.2) is 61.9 Å². The SMILES string of the molecule is O=C(c1ccncc1)N1CCN(c2nc(=O)n(O)c3ncccc23)CC1. The van der Waals surface area contributed by atoms with Gasteiger partial charge in [0.2, 0.25) is 0 Å². The van der Waals surface area contributed by atoms with Crippen molar-refractivity contribution in [3.05, 3.63) is 58.9 Å². The average molecular weight is 352 g/mol. The number of hydrogen-bond donors (Lipinski definition) is 1. The molecule has 132 valence electrons. The van der Waals surface area contributed by atoms with Crippen LogP contribution >= 0.6 is 0 Å². The smallest absolute Gasteiger partial charge is 0.384 e. The maximum atomic E-state index is 12.5. The minimum absolute atomic E-state index is 0.0442. The molecule has 26 heavy (non-hydrogen) atoms. The van der Waals surface area contributed by atoms with Gasteiger partial charge in [-0.05, 0) is 24.3 Å². The summed E-state index contributed by atoms with van der Waals surface area (Å²) < 4.78 is 0.446. The number of anilines is 1. The largest absolute Gasteiger partial charge is 0.422 e. The fourth-order valence-corrected chi connectivity index (χ4v) is 3.07. The second kappa shape index (κ2) is 6.43. The van der Waals surface area contributed by atoms with Gasteiger partial charge in [-0.2, -0.15) is 4.98 Å². The predicted octanol–water partition coefficient (Wildman–Crippen LogP) is 0.386. The van der Waals surface area contributed by atoms with E-state index in [2.05, 4.69) is 15.0 Å². The Morgan fingerprint density at radius 1 is 1.04 bits per heavy atom. The maximum Gasteiger partial charge on any atom is 0.384 e. The minimum Gasteiger partial charge on any atom is -0.422 e. The van der Waals surface area contributed by atoms with Crippen LogP contribution in [-0.2, 0) is 0 Å². The Bertz CT molecular complexity index is 1010. The quantitative estimate of drug-likeness (QED) is 0.665. The fourth-order valence-electron chi connectivity index (χ4n) is 3.07. The highest BCUT2D eigenvalue weighted by Crippen LogP contribution is 2.22. The number of amides is 1. The Morgan fingerprint density at radius 3 is 2.50 bits per heavy atom. The van der Waals surface area contributed by atoms with Gasteiger partial charge in [-0.3, -0.25) is 9.78 Å². The number of rotatable bonds is 2. The summed E-state index contributed by atoms with van der Waals surface area (Å²) in [6.45, 7) is 2.07. The van der Waals surface area contributed by atoms with Gasteiger partial charge in [0, 0.05) is 50.3 Å². The van der Waals surface area contributed by atoms with Gasteiger partial charge < -0.3 is 15.0 Å². The zero-order valence-corrected chi connectivity index (χ0v) is 13.8. The Hall–Kier alpha value is -3.49. The predicted molar refractivity (Wildman–Crippen MR) is 93.3 cm³/mol. The standard InChI is InChI=1S/C17H16N6O3/c24-16(12-3-6-18-7-4-12)22-10-8-21(9-11-22)15-13-2-1-5-19-14(13)23(26)17(25)20-15/h1-7,26H,8-11H2. The van der Waals surface area contributed by atoms with E-state index in [0.29, 0.717) is 47.7 Å². The topological polar surface area (TPSA) is 104 Å². The third kappa shape index (κ3) is 2.73. The van der Waals surface area contributed by atoms with Crippen LogP contribution in [0, 0.1) is 0 Å². The lowest BCUT2D eigenvalue weighted by atomic mass is 10.2. The molecular weight excluding hydrogens is 336 g/mol. The molecule has 9 heteroatoms. The zero-order chi connectivity index (χ0) is 18.1. The van der Waals surface area contributed by atoms with Gasteiger partial charge in [-0.1, -0.05) is 0 Å². The lowest BCUT2D eigenvalue weighted by Crippen LogP contribution is -2.49. The first-order chi connectivity index (χ1) is 12.6. The molecule has 0 aliphatic carbocycles. The number of fused-ring (bicyclic) bond motifs is 1. The van der Waals surface area contributed by atoms with E-state index in [-0.39, 0.29) is 11.6 Å². The van der Waals surface area contributed by atoms with Gasteiger partial charge in [0.15, 0.2) is 5.65 Å². The third-order valence-corrected chi connectivity index (χ3v) is 4.40. The van der Waals surface area contributed by atoms with Gasteiger partial charge >= 0.3 is 5.69 Å². The average Bonchev–Trinajstić information content (AvgIpc) is 2.71. The second-order valence-corrected chi connectivity index (χ2v) is 5.92. The highest BCUT2D eigenvalue weighted by atomic mass is 16.5. The van der Waals surface area contributed by atoms with Crippen LogP contribution < -0.4 is 10.6 Å². The third-order valence-electron chi connectivity index (χ3n) is 4.40. The molecule has 3 aromatic heterocycles. The first-order valence-corrected chi connectivity index (χ1v) is 8.16. The number of pyridine rings is 2. The number of piperazine rings is 1. The van der Waals surface area contributed by atoms with Gasteiger partial charge in [0.25, 0.3) is 5.91 Å². The van der Waals surface area contributed by atoms with Crippen molar-refractivity contribution in [1.29, 1.82) is 0 Å². The first-order valence-electron chi connectivity index (χ1n) is 8.16. The number of aromatic nitrogens is 4. The van der Waals surface area contributed by atoms with Crippen molar-refractivity contribution < 1.29 is 10.0 Å². The molecule has 0 unspecified atom stereocenters. The Balaban J connectivity index is 1.58. The lowest BCUT2D eigenvalue weighted by molar-refractivity contribution is 0.0746. The van der Waals surface area contributed by atoms with E-state index in [1.807, 2.05) is 4.90 Å². The molecule has 0 spiro atoms. The number of hydrogen-bond acceptors (Lipinski definition) is 7.